The highest BCUT2D eigenvalue weighted by molar-refractivity contribution is 5.98. The SMILES string of the molecule is COc1cccc2c1OCC(C=C(C#N)C(=O)NCCc1ccccc1)=C2. The molecular formula is C22H20N2O3. The lowest BCUT2D eigenvalue weighted by molar-refractivity contribution is -0.117. The van der Waals surface area contributed by atoms with E-state index in [0.717, 1.165) is 16.7 Å². The predicted octanol–water partition coefficient (Wildman–Crippen LogP) is 3.28. The molecule has 0 atom stereocenters. The molecule has 0 spiro atoms. The molecule has 0 unspecified atom stereocenters. The van der Waals surface area contributed by atoms with Gasteiger partial charge in [0, 0.05) is 12.1 Å². The Morgan fingerprint density at radius 3 is 2.81 bits per heavy atom. The normalized spacial score (nSPS) is 12.9. The summed E-state index contributed by atoms with van der Waals surface area (Å²) in [5.74, 6) is 0.944. The Hall–Kier alpha value is -3.52. The molecule has 27 heavy (non-hydrogen) atoms. The van der Waals surface area contributed by atoms with Gasteiger partial charge in [-0.1, -0.05) is 42.5 Å². The van der Waals surface area contributed by atoms with Crippen molar-refractivity contribution in [3.63, 3.8) is 0 Å². The molecule has 0 radical (unpaired) electrons. The van der Waals surface area contributed by atoms with Crippen LogP contribution in [0.25, 0.3) is 6.08 Å². The maximum absolute atomic E-state index is 12.3. The minimum Gasteiger partial charge on any atom is -0.493 e. The number of nitriles is 1. The molecule has 2 aromatic rings. The highest BCUT2D eigenvalue weighted by Gasteiger charge is 2.16. The topological polar surface area (TPSA) is 71.3 Å². The van der Waals surface area contributed by atoms with Crippen molar-refractivity contribution in [2.75, 3.05) is 20.3 Å². The average molecular weight is 360 g/mol. The van der Waals surface area contributed by atoms with Gasteiger partial charge in [0.2, 0.25) is 0 Å². The molecular weight excluding hydrogens is 340 g/mol. The van der Waals surface area contributed by atoms with Gasteiger partial charge in [0.1, 0.15) is 18.2 Å². The molecule has 0 bridgehead atoms. The Kier molecular flexibility index (Phi) is 5.91. The quantitative estimate of drug-likeness (QED) is 0.634. The number of nitrogens with zero attached hydrogens (tertiary/aromatic N) is 1. The van der Waals surface area contributed by atoms with E-state index in [2.05, 4.69) is 5.32 Å². The minimum atomic E-state index is -0.384. The smallest absolute Gasteiger partial charge is 0.261 e. The molecule has 0 fully saturated rings. The van der Waals surface area contributed by atoms with Gasteiger partial charge in [-0.3, -0.25) is 4.79 Å². The van der Waals surface area contributed by atoms with E-state index < -0.39 is 0 Å². The van der Waals surface area contributed by atoms with Gasteiger partial charge in [-0.2, -0.15) is 5.26 Å². The second kappa shape index (κ2) is 8.72. The number of nitrogens with one attached hydrogen (secondary N) is 1. The van der Waals surface area contributed by atoms with Crippen molar-refractivity contribution >= 4 is 12.0 Å². The summed E-state index contributed by atoms with van der Waals surface area (Å²) in [6.07, 6.45) is 4.18. The number of ether oxygens (including phenoxy) is 2. The Morgan fingerprint density at radius 1 is 1.26 bits per heavy atom. The van der Waals surface area contributed by atoms with Crippen LogP contribution < -0.4 is 14.8 Å². The Balaban J connectivity index is 1.67. The lowest BCUT2D eigenvalue weighted by Crippen LogP contribution is -2.27. The number of hydrogen-bond donors (Lipinski definition) is 1. The molecule has 136 valence electrons. The van der Waals surface area contributed by atoms with Crippen LogP contribution in [0.15, 0.2) is 65.8 Å². The number of carbonyl (C=O) groups is 1. The standard InChI is InChI=1S/C22H20N2O3/c1-26-20-9-5-8-18-12-17(15-27-21(18)20)13-19(14-23)22(25)24-11-10-16-6-3-2-4-7-16/h2-9,12-13H,10-11,15H2,1H3,(H,24,25). The molecule has 0 saturated carbocycles. The fourth-order valence-corrected chi connectivity index (χ4v) is 2.84. The third kappa shape index (κ3) is 4.56. The van der Waals surface area contributed by atoms with E-state index in [9.17, 15) is 10.1 Å². The molecule has 5 nitrogen and oxygen atoms in total. The first kappa shape index (κ1) is 18.3. The number of carbonyl (C=O) groups excluding carboxylic acids is 1. The number of methoxy groups -OCH3 is 1. The maximum atomic E-state index is 12.3. The third-order valence-corrected chi connectivity index (χ3v) is 4.19. The molecule has 3 rings (SSSR count). The van der Waals surface area contributed by atoms with Crippen molar-refractivity contribution in [2.24, 2.45) is 0 Å². The van der Waals surface area contributed by atoms with Crippen molar-refractivity contribution in [3.05, 3.63) is 76.9 Å². The van der Waals surface area contributed by atoms with E-state index in [0.29, 0.717) is 24.5 Å². The molecule has 2 aromatic carbocycles. The van der Waals surface area contributed by atoms with Gasteiger partial charge >= 0.3 is 0 Å². The van der Waals surface area contributed by atoms with Crippen LogP contribution in [-0.2, 0) is 11.2 Å². The summed E-state index contributed by atoms with van der Waals surface area (Å²) < 4.78 is 11.0. The number of amides is 1. The molecule has 1 N–H and O–H groups in total. The molecule has 1 heterocycles. The first-order valence-corrected chi connectivity index (χ1v) is 8.65. The van der Waals surface area contributed by atoms with Gasteiger partial charge in [0.25, 0.3) is 5.91 Å². The van der Waals surface area contributed by atoms with Crippen LogP contribution in [0.5, 0.6) is 11.5 Å². The summed E-state index contributed by atoms with van der Waals surface area (Å²) in [5.41, 5.74) is 2.80. The Bertz CT molecular complexity index is 924. The third-order valence-electron chi connectivity index (χ3n) is 4.19. The minimum absolute atomic E-state index is 0.0595. The van der Waals surface area contributed by atoms with Gasteiger partial charge in [0.05, 0.1) is 7.11 Å². The van der Waals surface area contributed by atoms with Crippen LogP contribution >= 0.6 is 0 Å². The molecule has 5 heteroatoms. The highest BCUT2D eigenvalue weighted by Crippen LogP contribution is 2.35. The zero-order valence-electron chi connectivity index (χ0n) is 15.1. The van der Waals surface area contributed by atoms with Gasteiger partial charge in [-0.15, -0.1) is 0 Å². The average Bonchev–Trinajstić information content (AvgIpc) is 2.72. The van der Waals surface area contributed by atoms with Gasteiger partial charge in [0.15, 0.2) is 11.5 Å². The largest absolute Gasteiger partial charge is 0.493 e. The summed E-state index contributed by atoms with van der Waals surface area (Å²) in [4.78, 5) is 12.3. The molecule has 0 saturated heterocycles. The highest BCUT2D eigenvalue weighted by atomic mass is 16.5. The van der Waals surface area contributed by atoms with Crippen molar-refractivity contribution in [1.29, 1.82) is 5.26 Å². The second-order valence-electron chi connectivity index (χ2n) is 6.05. The molecule has 1 aliphatic rings. The molecule has 1 aliphatic heterocycles. The molecule has 0 aliphatic carbocycles. The lowest BCUT2D eigenvalue weighted by Gasteiger charge is -2.18. The van der Waals surface area contributed by atoms with Crippen LogP contribution in [0.2, 0.25) is 0 Å². The van der Waals surface area contributed by atoms with E-state index in [-0.39, 0.29) is 18.1 Å². The van der Waals surface area contributed by atoms with Crippen molar-refractivity contribution in [2.45, 2.75) is 6.42 Å². The number of rotatable bonds is 6. The second-order valence-corrected chi connectivity index (χ2v) is 6.05. The van der Waals surface area contributed by atoms with E-state index >= 15 is 0 Å². The van der Waals surface area contributed by atoms with Crippen molar-refractivity contribution in [1.82, 2.24) is 5.32 Å². The fourth-order valence-electron chi connectivity index (χ4n) is 2.84. The van der Waals surface area contributed by atoms with E-state index in [1.807, 2.05) is 60.7 Å². The first-order valence-electron chi connectivity index (χ1n) is 8.65. The summed E-state index contributed by atoms with van der Waals surface area (Å²) in [6.45, 7) is 0.743. The number of fused-ring (bicyclic) bond motifs is 1. The van der Waals surface area contributed by atoms with Crippen LogP contribution in [-0.4, -0.2) is 26.2 Å². The van der Waals surface area contributed by atoms with E-state index in [1.165, 1.54) is 0 Å². The van der Waals surface area contributed by atoms with Crippen LogP contribution in [0, 0.1) is 11.3 Å². The monoisotopic (exact) mass is 360 g/mol. The zero-order chi connectivity index (χ0) is 19.1. The Labute approximate surface area is 158 Å². The van der Waals surface area contributed by atoms with Gasteiger partial charge < -0.3 is 14.8 Å². The number of hydrogen-bond acceptors (Lipinski definition) is 4. The predicted molar refractivity (Wildman–Crippen MR) is 103 cm³/mol. The fraction of sp³-hybridized carbons (Fsp3) is 0.182. The molecule has 1 amide bonds. The van der Waals surface area contributed by atoms with Crippen LogP contribution in [0.4, 0.5) is 0 Å². The summed E-state index contributed by atoms with van der Waals surface area (Å²) >= 11 is 0. The number of para-hydroxylation sites is 1. The first-order chi connectivity index (χ1) is 13.2. The maximum Gasteiger partial charge on any atom is 0.261 e. The van der Waals surface area contributed by atoms with E-state index in [1.54, 1.807) is 13.2 Å². The van der Waals surface area contributed by atoms with Crippen molar-refractivity contribution in [3.8, 4) is 17.6 Å². The van der Waals surface area contributed by atoms with Crippen LogP contribution in [0.1, 0.15) is 11.1 Å². The van der Waals surface area contributed by atoms with E-state index in [4.69, 9.17) is 9.47 Å². The van der Waals surface area contributed by atoms with Gasteiger partial charge in [-0.25, -0.2) is 0 Å². The van der Waals surface area contributed by atoms with Crippen molar-refractivity contribution < 1.29 is 14.3 Å². The van der Waals surface area contributed by atoms with Gasteiger partial charge in [-0.05, 0) is 35.8 Å². The summed E-state index contributed by atoms with van der Waals surface area (Å²) in [7, 11) is 1.59. The lowest BCUT2D eigenvalue weighted by atomic mass is 10.0. The molecule has 0 aromatic heterocycles. The zero-order valence-corrected chi connectivity index (χ0v) is 15.1. The van der Waals surface area contributed by atoms with Crippen LogP contribution in [0.3, 0.4) is 0 Å². The Morgan fingerprint density at radius 2 is 2.07 bits per heavy atom. The summed E-state index contributed by atoms with van der Waals surface area (Å²) in [5, 5.41) is 12.1. The number of benzene rings is 2. The summed E-state index contributed by atoms with van der Waals surface area (Å²) in [6, 6.07) is 17.4.